The molecule has 64 heavy (non-hydrogen) atoms. The monoisotopic (exact) mass is 835 g/mol. The Morgan fingerprint density at radius 1 is 0.453 bits per heavy atom. The lowest BCUT2D eigenvalue weighted by atomic mass is 9.66. The zero-order chi connectivity index (χ0) is 42.2. The van der Waals surface area contributed by atoms with E-state index in [0.29, 0.717) is 0 Å². The molecule has 0 fully saturated rings. The number of furan rings is 1. The maximum absolute atomic E-state index is 6.18. The predicted octanol–water partition coefficient (Wildman–Crippen LogP) is 17.2. The van der Waals surface area contributed by atoms with Gasteiger partial charge in [0, 0.05) is 48.0 Å². The summed E-state index contributed by atoms with van der Waals surface area (Å²) in [4.78, 5) is 2.44. The second kappa shape index (κ2) is 14.7. The van der Waals surface area contributed by atoms with Crippen LogP contribution in [-0.2, 0) is 5.41 Å². The number of thiophene rings is 1. The molecule has 302 valence electrons. The number of fused-ring (bicyclic) bond motifs is 8. The quantitative estimate of drug-likeness (QED) is 0.159. The van der Waals surface area contributed by atoms with Gasteiger partial charge < -0.3 is 9.32 Å². The fourth-order valence-electron chi connectivity index (χ4n) is 10.8. The Kier molecular flexibility index (Phi) is 8.47. The molecular weight excluding hydrogens is 795 g/mol. The third kappa shape index (κ3) is 5.64. The first-order valence-corrected chi connectivity index (χ1v) is 23.0. The molecule has 11 aromatic rings. The highest BCUT2D eigenvalue weighted by molar-refractivity contribution is 7.26. The van der Waals surface area contributed by atoms with Gasteiger partial charge in [0.15, 0.2) is 0 Å². The molecular formula is C61H41NOS. The van der Waals surface area contributed by atoms with Crippen molar-refractivity contribution in [1.82, 2.24) is 0 Å². The molecule has 0 atom stereocenters. The van der Waals surface area contributed by atoms with Crippen molar-refractivity contribution in [2.24, 2.45) is 0 Å². The van der Waals surface area contributed by atoms with Crippen LogP contribution in [0.4, 0.5) is 17.1 Å². The normalized spacial score (nSPS) is 14.1. The van der Waals surface area contributed by atoms with E-state index in [-0.39, 0.29) is 0 Å². The van der Waals surface area contributed by atoms with Gasteiger partial charge in [-0.15, -0.1) is 11.3 Å². The number of nitrogens with zero attached hydrogens (tertiary/aromatic N) is 1. The second-order valence-electron chi connectivity index (χ2n) is 17.1. The average molecular weight is 836 g/mol. The molecule has 9 aromatic carbocycles. The number of anilines is 3. The van der Waals surface area contributed by atoms with Gasteiger partial charge in [-0.05, 0) is 129 Å². The summed E-state index contributed by atoms with van der Waals surface area (Å²) in [6.45, 7) is 0. The first-order valence-electron chi connectivity index (χ1n) is 22.2. The van der Waals surface area contributed by atoms with E-state index >= 15 is 0 Å². The molecule has 0 saturated carbocycles. The van der Waals surface area contributed by atoms with Crippen molar-refractivity contribution < 1.29 is 4.42 Å². The summed E-state index contributed by atoms with van der Waals surface area (Å²) in [6, 6.07) is 78.1. The Hall–Kier alpha value is -7.72. The number of hydrogen-bond donors (Lipinski definition) is 0. The molecule has 2 aromatic heterocycles. The number of para-hydroxylation sites is 1. The molecule has 0 radical (unpaired) electrons. The standard InChI is InChI=1S/C61H41NOS/c1-3-14-43(15-4-1)61(44-16-5-2-6-17-44)55-23-10-7-18-49(55)50-36-35-47(39-56(50)61)62(45-31-26-40(27-32-45)42-30-37-58-54(38-42)51-19-8-11-24-57(51)63-58)46-33-28-41(29-34-46)48-21-13-22-53-52-20-9-12-25-59(52)64-60(48)53/h1-6,8-17,19-39H,7,18H2. The molecule has 0 aliphatic heterocycles. The summed E-state index contributed by atoms with van der Waals surface area (Å²) < 4.78 is 8.83. The topological polar surface area (TPSA) is 16.4 Å². The second-order valence-corrected chi connectivity index (χ2v) is 18.1. The molecule has 2 aliphatic carbocycles. The molecule has 0 unspecified atom stereocenters. The molecule has 0 N–H and O–H groups in total. The number of allylic oxidation sites excluding steroid dienone is 4. The lowest BCUT2D eigenvalue weighted by Gasteiger charge is -2.36. The molecule has 0 bridgehead atoms. The lowest BCUT2D eigenvalue weighted by molar-refractivity contribution is 0.669. The SMILES string of the molecule is C1=CC2=C(CC1)c1ccc(N(c3ccc(-c4ccc5oc6ccccc6c5c4)cc3)c3ccc(-c4cccc5c4sc4ccccc45)cc3)cc1C2(c1ccccc1)c1ccccc1. The number of hydrogen-bond acceptors (Lipinski definition) is 3. The van der Waals surface area contributed by atoms with Crippen LogP contribution in [0.3, 0.4) is 0 Å². The van der Waals surface area contributed by atoms with Crippen molar-refractivity contribution in [1.29, 1.82) is 0 Å². The van der Waals surface area contributed by atoms with Crippen LogP contribution in [0.2, 0.25) is 0 Å². The van der Waals surface area contributed by atoms with Gasteiger partial charge >= 0.3 is 0 Å². The van der Waals surface area contributed by atoms with E-state index in [1.165, 1.54) is 64.7 Å². The highest BCUT2D eigenvalue weighted by Crippen LogP contribution is 2.58. The highest BCUT2D eigenvalue weighted by Gasteiger charge is 2.47. The summed E-state index contributed by atoms with van der Waals surface area (Å²) in [7, 11) is 0. The minimum Gasteiger partial charge on any atom is -0.456 e. The zero-order valence-electron chi connectivity index (χ0n) is 35.0. The van der Waals surface area contributed by atoms with E-state index in [1.807, 2.05) is 23.5 Å². The van der Waals surface area contributed by atoms with Crippen LogP contribution < -0.4 is 4.90 Å². The van der Waals surface area contributed by atoms with E-state index in [1.54, 1.807) is 0 Å². The van der Waals surface area contributed by atoms with Gasteiger partial charge in [-0.25, -0.2) is 0 Å². The van der Waals surface area contributed by atoms with Crippen molar-refractivity contribution in [3.63, 3.8) is 0 Å². The van der Waals surface area contributed by atoms with Gasteiger partial charge in [0.25, 0.3) is 0 Å². The van der Waals surface area contributed by atoms with E-state index < -0.39 is 5.41 Å². The van der Waals surface area contributed by atoms with Crippen LogP contribution in [0.5, 0.6) is 0 Å². The van der Waals surface area contributed by atoms with Crippen molar-refractivity contribution in [2.75, 3.05) is 4.90 Å². The largest absolute Gasteiger partial charge is 0.456 e. The van der Waals surface area contributed by atoms with Gasteiger partial charge in [0.1, 0.15) is 11.2 Å². The molecule has 2 nitrogen and oxygen atoms in total. The molecule has 13 rings (SSSR count). The van der Waals surface area contributed by atoms with Gasteiger partial charge in [-0.1, -0.05) is 164 Å². The minimum atomic E-state index is -0.460. The van der Waals surface area contributed by atoms with Crippen molar-refractivity contribution >= 4 is 76.1 Å². The molecule has 0 amide bonds. The Bertz CT molecular complexity index is 3610. The molecule has 2 heterocycles. The van der Waals surface area contributed by atoms with Crippen molar-refractivity contribution in [3.8, 4) is 22.3 Å². The lowest BCUT2D eigenvalue weighted by Crippen LogP contribution is -2.29. The van der Waals surface area contributed by atoms with Crippen LogP contribution in [0, 0.1) is 0 Å². The molecule has 2 aliphatic rings. The van der Waals surface area contributed by atoms with E-state index in [9.17, 15) is 0 Å². The van der Waals surface area contributed by atoms with Gasteiger partial charge in [-0.3, -0.25) is 0 Å². The minimum absolute atomic E-state index is 0.460. The first-order chi connectivity index (χ1) is 31.7. The van der Waals surface area contributed by atoms with Crippen LogP contribution >= 0.6 is 11.3 Å². The summed E-state index contributed by atoms with van der Waals surface area (Å²) in [5, 5.41) is 4.90. The third-order valence-corrected chi connectivity index (χ3v) is 14.9. The van der Waals surface area contributed by atoms with Gasteiger partial charge in [0.2, 0.25) is 0 Å². The summed E-state index contributed by atoms with van der Waals surface area (Å²) in [5.41, 5.74) is 17.6. The predicted molar refractivity (Wildman–Crippen MR) is 270 cm³/mol. The van der Waals surface area contributed by atoms with Crippen molar-refractivity contribution in [3.05, 3.63) is 252 Å². The van der Waals surface area contributed by atoms with Gasteiger partial charge in [-0.2, -0.15) is 0 Å². The maximum atomic E-state index is 6.18. The van der Waals surface area contributed by atoms with Crippen LogP contribution in [-0.4, -0.2) is 0 Å². The Balaban J connectivity index is 0.978. The number of benzene rings is 9. The maximum Gasteiger partial charge on any atom is 0.135 e. The Morgan fingerprint density at radius 3 is 1.84 bits per heavy atom. The summed E-state index contributed by atoms with van der Waals surface area (Å²) in [5.74, 6) is 0. The van der Waals surface area contributed by atoms with Gasteiger partial charge in [0.05, 0.1) is 5.41 Å². The summed E-state index contributed by atoms with van der Waals surface area (Å²) in [6.07, 6.45) is 6.85. The van der Waals surface area contributed by atoms with E-state index in [0.717, 1.165) is 63.0 Å². The molecule has 3 heteroatoms. The number of rotatable bonds is 7. The van der Waals surface area contributed by atoms with Crippen molar-refractivity contribution in [2.45, 2.75) is 18.3 Å². The molecule has 0 spiro atoms. The van der Waals surface area contributed by atoms with E-state index in [4.69, 9.17) is 4.42 Å². The fourth-order valence-corrected chi connectivity index (χ4v) is 12.0. The molecule has 0 saturated heterocycles. The third-order valence-electron chi connectivity index (χ3n) is 13.7. The average Bonchev–Trinajstić information content (AvgIpc) is 4.03. The van der Waals surface area contributed by atoms with Crippen LogP contribution in [0.25, 0.3) is 69.9 Å². The highest BCUT2D eigenvalue weighted by atomic mass is 32.1. The van der Waals surface area contributed by atoms with Crippen LogP contribution in [0.15, 0.2) is 234 Å². The fraction of sp³-hybridized carbons (Fsp3) is 0.0492. The van der Waals surface area contributed by atoms with Crippen LogP contribution in [0.1, 0.15) is 35.1 Å². The smallest absolute Gasteiger partial charge is 0.135 e. The Morgan fingerprint density at radius 2 is 1.08 bits per heavy atom. The summed E-state index contributed by atoms with van der Waals surface area (Å²) >= 11 is 1.88. The first kappa shape index (κ1) is 36.9. The van der Waals surface area contributed by atoms with E-state index in [2.05, 4.69) is 217 Å². The Labute approximate surface area is 376 Å². The zero-order valence-corrected chi connectivity index (χ0v) is 35.9.